The number of sulfonamides is 1. The molecule has 140 valence electrons. The molecule has 0 aliphatic carbocycles. The number of rotatable bonds is 5. The molecular formula is C18H19N5O2S2. The summed E-state index contributed by atoms with van der Waals surface area (Å²) in [7, 11) is -3.31. The molecule has 1 aliphatic heterocycles. The van der Waals surface area contributed by atoms with E-state index in [1.807, 2.05) is 23.6 Å². The van der Waals surface area contributed by atoms with Crippen LogP contribution in [0.25, 0.3) is 10.8 Å². The zero-order chi connectivity index (χ0) is 18.9. The largest absolute Gasteiger partial charge is 0.365 e. The highest BCUT2D eigenvalue weighted by molar-refractivity contribution is 7.92. The number of nitrogens with one attached hydrogen (secondary N) is 1. The van der Waals surface area contributed by atoms with Gasteiger partial charge in [0.05, 0.1) is 24.2 Å². The number of hydrogen-bond donors (Lipinski definition) is 1. The van der Waals surface area contributed by atoms with Gasteiger partial charge in [-0.15, -0.1) is 11.3 Å². The Morgan fingerprint density at radius 1 is 1.22 bits per heavy atom. The Morgan fingerprint density at radius 3 is 2.81 bits per heavy atom. The standard InChI is InChI=1S/C18H19N5O2S2/c1-27(24,25)22-15-6-2-7-16-14(15)5-3-10-23(16)11-13-12-26-18(21-13)17-19-8-4-9-20-17/h2,4,6-9,12,22H,3,5,10-11H2,1H3. The summed E-state index contributed by atoms with van der Waals surface area (Å²) in [5, 5.41) is 2.83. The lowest BCUT2D eigenvalue weighted by atomic mass is 10.00. The molecule has 27 heavy (non-hydrogen) atoms. The quantitative estimate of drug-likeness (QED) is 0.707. The highest BCUT2D eigenvalue weighted by Crippen LogP contribution is 2.34. The van der Waals surface area contributed by atoms with Crippen LogP contribution in [0, 0.1) is 0 Å². The molecule has 0 saturated heterocycles. The van der Waals surface area contributed by atoms with Gasteiger partial charge >= 0.3 is 0 Å². The van der Waals surface area contributed by atoms with Gasteiger partial charge in [0.1, 0.15) is 0 Å². The maximum absolute atomic E-state index is 11.7. The topological polar surface area (TPSA) is 88.1 Å². The number of anilines is 2. The lowest BCUT2D eigenvalue weighted by Gasteiger charge is -2.32. The summed E-state index contributed by atoms with van der Waals surface area (Å²) in [6.07, 6.45) is 6.41. The van der Waals surface area contributed by atoms with Gasteiger partial charge in [0.25, 0.3) is 0 Å². The summed E-state index contributed by atoms with van der Waals surface area (Å²) < 4.78 is 25.9. The average molecular weight is 402 g/mol. The Balaban J connectivity index is 1.59. The van der Waals surface area contributed by atoms with E-state index in [2.05, 4.69) is 24.6 Å². The van der Waals surface area contributed by atoms with Crippen molar-refractivity contribution >= 4 is 32.7 Å². The van der Waals surface area contributed by atoms with E-state index >= 15 is 0 Å². The third-order valence-electron chi connectivity index (χ3n) is 4.30. The second kappa shape index (κ2) is 7.24. The molecule has 1 aromatic carbocycles. The summed E-state index contributed by atoms with van der Waals surface area (Å²) in [6.45, 7) is 1.57. The van der Waals surface area contributed by atoms with Crippen LogP contribution >= 0.6 is 11.3 Å². The first kappa shape index (κ1) is 17.9. The lowest BCUT2D eigenvalue weighted by molar-refractivity contribution is 0.606. The van der Waals surface area contributed by atoms with Crippen molar-refractivity contribution in [1.82, 2.24) is 15.0 Å². The molecule has 1 aliphatic rings. The summed E-state index contributed by atoms with van der Waals surface area (Å²) in [4.78, 5) is 15.4. The van der Waals surface area contributed by atoms with Crippen LogP contribution in [0.5, 0.6) is 0 Å². The maximum Gasteiger partial charge on any atom is 0.229 e. The second-order valence-electron chi connectivity index (χ2n) is 6.42. The molecule has 3 aromatic rings. The fraction of sp³-hybridized carbons (Fsp3) is 0.278. The van der Waals surface area contributed by atoms with Crippen LogP contribution in [0.3, 0.4) is 0 Å². The third-order valence-corrected chi connectivity index (χ3v) is 5.78. The van der Waals surface area contributed by atoms with Gasteiger partial charge in [0, 0.05) is 30.0 Å². The minimum absolute atomic E-state index is 0.632. The predicted molar refractivity (Wildman–Crippen MR) is 107 cm³/mol. The van der Waals surface area contributed by atoms with Crippen molar-refractivity contribution in [2.75, 3.05) is 22.4 Å². The highest BCUT2D eigenvalue weighted by Gasteiger charge is 2.21. The Kier molecular flexibility index (Phi) is 4.79. The summed E-state index contributed by atoms with van der Waals surface area (Å²) in [5.41, 5.74) is 3.71. The molecule has 0 spiro atoms. The molecule has 7 nitrogen and oxygen atoms in total. The van der Waals surface area contributed by atoms with Crippen molar-refractivity contribution in [3.63, 3.8) is 0 Å². The Bertz CT molecular complexity index is 1050. The van der Waals surface area contributed by atoms with Crippen LogP contribution < -0.4 is 9.62 Å². The number of hydrogen-bond acceptors (Lipinski definition) is 7. The van der Waals surface area contributed by atoms with Crippen molar-refractivity contribution < 1.29 is 8.42 Å². The fourth-order valence-corrected chi connectivity index (χ4v) is 4.59. The number of aromatic nitrogens is 3. The zero-order valence-corrected chi connectivity index (χ0v) is 16.4. The third kappa shape index (κ3) is 4.09. The molecule has 0 atom stereocenters. The first-order valence-electron chi connectivity index (χ1n) is 8.56. The molecule has 2 aromatic heterocycles. The SMILES string of the molecule is CS(=O)(=O)Nc1cccc2c1CCCN2Cc1csc(-c2ncccn2)n1. The first-order chi connectivity index (χ1) is 13.0. The van der Waals surface area contributed by atoms with Crippen LogP contribution in [-0.2, 0) is 23.0 Å². The molecule has 0 unspecified atom stereocenters. The monoisotopic (exact) mass is 401 g/mol. The summed E-state index contributed by atoms with van der Waals surface area (Å²) in [5.74, 6) is 0.632. The van der Waals surface area contributed by atoms with E-state index in [-0.39, 0.29) is 0 Å². The van der Waals surface area contributed by atoms with Gasteiger partial charge in [-0.25, -0.2) is 23.4 Å². The summed E-state index contributed by atoms with van der Waals surface area (Å²) >= 11 is 1.53. The van der Waals surface area contributed by atoms with Gasteiger partial charge in [0.2, 0.25) is 10.0 Å². The fourth-order valence-electron chi connectivity index (χ4n) is 3.25. The van der Waals surface area contributed by atoms with Crippen molar-refractivity contribution in [2.45, 2.75) is 19.4 Å². The van der Waals surface area contributed by atoms with Gasteiger partial charge in [-0.05, 0) is 36.6 Å². The van der Waals surface area contributed by atoms with E-state index in [0.717, 1.165) is 41.3 Å². The molecule has 0 amide bonds. The van der Waals surface area contributed by atoms with Gasteiger partial charge in [-0.1, -0.05) is 6.07 Å². The Hall–Kier alpha value is -2.52. The van der Waals surface area contributed by atoms with Crippen LogP contribution in [0.1, 0.15) is 17.7 Å². The van der Waals surface area contributed by atoms with E-state index in [9.17, 15) is 8.42 Å². The molecule has 0 bridgehead atoms. The predicted octanol–water partition coefficient (Wildman–Crippen LogP) is 2.92. The number of nitrogens with zero attached hydrogens (tertiary/aromatic N) is 4. The lowest BCUT2D eigenvalue weighted by Crippen LogP contribution is -2.29. The van der Waals surface area contributed by atoms with Crippen molar-refractivity contribution in [3.8, 4) is 10.8 Å². The molecule has 0 saturated carbocycles. The Labute approximate surface area is 162 Å². The van der Waals surface area contributed by atoms with Gasteiger partial charge in [-0.3, -0.25) is 4.72 Å². The normalized spacial score (nSPS) is 14.0. The molecule has 3 heterocycles. The molecule has 0 fully saturated rings. The number of fused-ring (bicyclic) bond motifs is 1. The Morgan fingerprint density at radius 2 is 2.04 bits per heavy atom. The van der Waals surface area contributed by atoms with E-state index in [1.165, 1.54) is 17.6 Å². The highest BCUT2D eigenvalue weighted by atomic mass is 32.2. The van der Waals surface area contributed by atoms with Crippen molar-refractivity contribution in [2.24, 2.45) is 0 Å². The molecule has 1 N–H and O–H groups in total. The van der Waals surface area contributed by atoms with Crippen LogP contribution in [0.15, 0.2) is 42.0 Å². The van der Waals surface area contributed by atoms with E-state index in [0.29, 0.717) is 18.1 Å². The van der Waals surface area contributed by atoms with Crippen molar-refractivity contribution in [1.29, 1.82) is 0 Å². The first-order valence-corrected chi connectivity index (χ1v) is 11.3. The smallest absolute Gasteiger partial charge is 0.229 e. The maximum atomic E-state index is 11.7. The average Bonchev–Trinajstić information content (AvgIpc) is 3.11. The van der Waals surface area contributed by atoms with Crippen molar-refractivity contribution in [3.05, 3.63) is 53.3 Å². The molecular weight excluding hydrogens is 382 g/mol. The number of thiazole rings is 1. The molecule has 0 radical (unpaired) electrons. The van der Waals surface area contributed by atoms with E-state index in [1.54, 1.807) is 18.5 Å². The minimum atomic E-state index is -3.31. The number of benzene rings is 1. The van der Waals surface area contributed by atoms with E-state index < -0.39 is 10.0 Å². The van der Waals surface area contributed by atoms with Crippen LogP contribution in [-0.4, -0.2) is 36.2 Å². The summed E-state index contributed by atoms with van der Waals surface area (Å²) in [6, 6.07) is 7.52. The van der Waals surface area contributed by atoms with E-state index in [4.69, 9.17) is 0 Å². The minimum Gasteiger partial charge on any atom is -0.365 e. The second-order valence-corrected chi connectivity index (χ2v) is 9.03. The molecule has 4 rings (SSSR count). The van der Waals surface area contributed by atoms with Crippen LogP contribution in [0.4, 0.5) is 11.4 Å². The molecule has 9 heteroatoms. The van der Waals surface area contributed by atoms with Gasteiger partial charge in [0.15, 0.2) is 10.8 Å². The zero-order valence-electron chi connectivity index (χ0n) is 14.8. The van der Waals surface area contributed by atoms with Gasteiger partial charge < -0.3 is 4.90 Å². The van der Waals surface area contributed by atoms with Crippen LogP contribution in [0.2, 0.25) is 0 Å². The van der Waals surface area contributed by atoms with Gasteiger partial charge in [-0.2, -0.15) is 0 Å².